The Hall–Kier alpha value is 3.07. The molecule has 0 aliphatic carbocycles. The first-order valence-corrected chi connectivity index (χ1v) is 9.66. The summed E-state index contributed by atoms with van der Waals surface area (Å²) in [5, 5.41) is 37.5. The zero-order valence-corrected chi connectivity index (χ0v) is 31.2. The molecule has 0 spiro atoms. The molecule has 4 N–H and O–H groups in total. The second-order valence-corrected chi connectivity index (χ2v) is 8.30. The molecule has 8 nitrogen and oxygen atoms in total. The summed E-state index contributed by atoms with van der Waals surface area (Å²) in [6, 6.07) is 0. The normalized spacial score (nSPS) is 11.1. The minimum atomic E-state index is -1.30. The van der Waals surface area contributed by atoms with Gasteiger partial charge in [-0.2, -0.15) is 0 Å². The second kappa shape index (κ2) is 22.1. The van der Waals surface area contributed by atoms with E-state index in [9.17, 15) is 34.8 Å². The Balaban J connectivity index is -0.000000607. The van der Waals surface area contributed by atoms with Crippen molar-refractivity contribution in [2.75, 3.05) is 33.0 Å². The molecule has 0 aliphatic rings. The van der Waals surface area contributed by atoms with Crippen molar-refractivity contribution in [3.63, 3.8) is 0 Å². The minimum absolute atomic E-state index is 0. The van der Waals surface area contributed by atoms with Crippen LogP contribution in [0, 0.1) is 16.2 Å². The van der Waals surface area contributed by atoms with Gasteiger partial charge in [0.1, 0.15) is 11.6 Å². The summed E-state index contributed by atoms with van der Waals surface area (Å²) in [7, 11) is 0. The van der Waals surface area contributed by atoms with Crippen molar-refractivity contribution in [1.82, 2.24) is 0 Å². The number of carbonyl (C=O) groups excluding carboxylic acids is 3. The van der Waals surface area contributed by atoms with E-state index in [-0.39, 0.29) is 175 Å². The van der Waals surface area contributed by atoms with Crippen LogP contribution in [0.1, 0.15) is 59.8 Å². The Morgan fingerprint density at radius 2 is 0.969 bits per heavy atom. The van der Waals surface area contributed by atoms with Crippen LogP contribution in [0.5, 0.6) is 0 Å². The first-order valence-electron chi connectivity index (χ1n) is 9.66. The number of hydrogen-bond donors (Lipinski definition) is 4. The quantitative estimate of drug-likeness (QED) is 0.178. The summed E-state index contributed by atoms with van der Waals surface area (Å²) in [6.45, 7) is 4.51. The molecule has 0 heterocycles. The van der Waals surface area contributed by atoms with Gasteiger partial charge in [0.2, 0.25) is 0 Å². The van der Waals surface area contributed by atoms with E-state index in [1.165, 1.54) is 13.8 Å². The molecule has 176 valence electrons. The zero-order valence-electron chi connectivity index (χ0n) is 19.8. The number of Topliss-reactive ketones (excluding diaryl/α,β-unsaturated/α-hetero) is 2. The van der Waals surface area contributed by atoms with E-state index < -0.39 is 48.6 Å². The van der Waals surface area contributed by atoms with Crippen LogP contribution in [0.25, 0.3) is 0 Å². The second-order valence-electron chi connectivity index (χ2n) is 8.30. The summed E-state index contributed by atoms with van der Waals surface area (Å²) in [5.74, 6) is -1.29. The average molecular weight is 760 g/mol. The van der Waals surface area contributed by atoms with Crippen LogP contribution in [0.3, 0.4) is 0 Å². The summed E-state index contributed by atoms with van der Waals surface area (Å²) in [5.41, 5.74) is -3.72. The number of esters is 1. The molecule has 0 aromatic heterocycles. The Labute approximate surface area is 292 Å². The molecule has 0 saturated carbocycles. The molecule has 0 aliphatic heterocycles. The molecular formula is C20H36O8Y4. The van der Waals surface area contributed by atoms with Gasteiger partial charge in [0, 0.05) is 144 Å². The van der Waals surface area contributed by atoms with E-state index in [0.717, 1.165) is 0 Å². The first-order chi connectivity index (χ1) is 13.0. The molecule has 0 atom stereocenters. The molecule has 0 saturated heterocycles. The van der Waals surface area contributed by atoms with E-state index in [4.69, 9.17) is 4.74 Å². The molecule has 32 heavy (non-hydrogen) atoms. The van der Waals surface area contributed by atoms with E-state index >= 15 is 0 Å². The van der Waals surface area contributed by atoms with Gasteiger partial charge in [-0.1, -0.05) is 6.92 Å². The van der Waals surface area contributed by atoms with Gasteiger partial charge in [-0.3, -0.25) is 14.4 Å². The fourth-order valence-electron chi connectivity index (χ4n) is 2.53. The minimum Gasteiger partial charge on any atom is -0.465 e. The predicted octanol–water partition coefficient (Wildman–Crippen LogP) is 0.616. The SMILES string of the molecule is CCCOC(=O)C(C)(CCC(=O)C(C)(CO)CO)CCC(=O)C(C)(CO)CO.[Y].[Y].[Y].[Y]. The zero-order chi connectivity index (χ0) is 22.0. The number of aliphatic hydroxyl groups excluding tert-OH is 4. The molecule has 0 bridgehead atoms. The molecule has 0 rings (SSSR count). The first kappa shape index (κ1) is 45.0. The largest absolute Gasteiger partial charge is 0.465 e. The van der Waals surface area contributed by atoms with E-state index in [1.807, 2.05) is 6.92 Å². The predicted molar refractivity (Wildman–Crippen MR) is 102 cm³/mol. The van der Waals surface area contributed by atoms with Crippen molar-refractivity contribution in [3.05, 3.63) is 0 Å². The summed E-state index contributed by atoms with van der Waals surface area (Å²) in [4.78, 5) is 37.4. The van der Waals surface area contributed by atoms with Crippen LogP contribution in [0.2, 0.25) is 0 Å². The summed E-state index contributed by atoms with van der Waals surface area (Å²) in [6.07, 6.45) is 0.667. The third-order valence-corrected chi connectivity index (χ3v) is 5.48. The molecule has 4 radical (unpaired) electrons. The van der Waals surface area contributed by atoms with Crippen molar-refractivity contribution >= 4 is 17.5 Å². The van der Waals surface area contributed by atoms with Gasteiger partial charge in [0.25, 0.3) is 0 Å². The summed E-state index contributed by atoms with van der Waals surface area (Å²) >= 11 is 0. The van der Waals surface area contributed by atoms with Gasteiger partial charge in [-0.25, -0.2) is 0 Å². The van der Waals surface area contributed by atoms with Crippen LogP contribution in [0.4, 0.5) is 0 Å². The topological polar surface area (TPSA) is 141 Å². The number of rotatable bonds is 15. The van der Waals surface area contributed by atoms with Gasteiger partial charge in [0.05, 0.1) is 49.3 Å². The number of aliphatic hydroxyl groups is 4. The van der Waals surface area contributed by atoms with Crippen LogP contribution >= 0.6 is 0 Å². The molecule has 0 amide bonds. The fraction of sp³-hybridized carbons (Fsp3) is 0.850. The molecule has 0 fully saturated rings. The van der Waals surface area contributed by atoms with Crippen molar-refractivity contribution in [3.8, 4) is 0 Å². The molecule has 0 aromatic carbocycles. The Bertz CT molecular complexity index is 504. The monoisotopic (exact) mass is 760 g/mol. The van der Waals surface area contributed by atoms with Crippen LogP contribution in [-0.4, -0.2) is 71.0 Å². The number of carbonyl (C=O) groups is 3. The summed E-state index contributed by atoms with van der Waals surface area (Å²) < 4.78 is 5.24. The fourth-order valence-corrected chi connectivity index (χ4v) is 2.53. The van der Waals surface area contributed by atoms with Crippen LogP contribution in [-0.2, 0) is 150 Å². The van der Waals surface area contributed by atoms with Crippen molar-refractivity contribution in [1.29, 1.82) is 0 Å². The van der Waals surface area contributed by atoms with Crippen LogP contribution < -0.4 is 0 Å². The molecule has 0 unspecified atom stereocenters. The molecule has 0 aromatic rings. The third-order valence-electron chi connectivity index (χ3n) is 5.48. The Morgan fingerprint density at radius 1 is 0.656 bits per heavy atom. The van der Waals surface area contributed by atoms with E-state index in [0.29, 0.717) is 6.42 Å². The maximum absolute atomic E-state index is 12.6. The maximum Gasteiger partial charge on any atom is 0.311 e. The number of hydrogen-bond acceptors (Lipinski definition) is 8. The number of ketones is 2. The van der Waals surface area contributed by atoms with Gasteiger partial charge in [0.15, 0.2) is 0 Å². The van der Waals surface area contributed by atoms with E-state index in [1.54, 1.807) is 6.92 Å². The number of ether oxygens (including phenoxy) is 1. The Morgan fingerprint density at radius 3 is 1.22 bits per heavy atom. The van der Waals surface area contributed by atoms with Gasteiger partial charge in [-0.05, 0) is 40.0 Å². The van der Waals surface area contributed by atoms with Gasteiger partial charge < -0.3 is 25.2 Å². The van der Waals surface area contributed by atoms with Crippen molar-refractivity contribution < 1.29 is 170 Å². The smallest absolute Gasteiger partial charge is 0.311 e. The Kier molecular flexibility index (Phi) is 31.1. The van der Waals surface area contributed by atoms with Crippen molar-refractivity contribution in [2.24, 2.45) is 16.2 Å². The standard InChI is InChI=1S/C20H36O8.4Y/c1-5-10-28-17(27)18(2,8-6-15(25)19(3,11-21)12-22)9-7-16(26)20(4,13-23)14-24;;;;/h21-24H,5-14H2,1-4H3;;;;. The van der Waals surface area contributed by atoms with Crippen LogP contribution in [0.15, 0.2) is 0 Å². The molecular weight excluding hydrogens is 724 g/mol. The maximum atomic E-state index is 12.6. The molecule has 12 heteroatoms. The van der Waals surface area contributed by atoms with E-state index in [2.05, 4.69) is 0 Å². The van der Waals surface area contributed by atoms with Gasteiger partial charge in [-0.15, -0.1) is 0 Å². The van der Waals surface area contributed by atoms with Crippen molar-refractivity contribution in [2.45, 2.75) is 59.8 Å². The van der Waals surface area contributed by atoms with Gasteiger partial charge >= 0.3 is 5.97 Å². The average Bonchev–Trinajstić information content (AvgIpc) is 2.72. The third kappa shape index (κ3) is 14.1.